The summed E-state index contributed by atoms with van der Waals surface area (Å²) in [6.45, 7) is 30.7. The largest absolute Gasteiger partial charge is 0.362 e. The number of dihydropyridines is 1. The molecule has 0 saturated heterocycles. The van der Waals surface area contributed by atoms with Crippen molar-refractivity contribution in [3.05, 3.63) is 130 Å². The molecule has 0 bridgehead atoms. The Bertz CT molecular complexity index is 1070. The molecule has 196 valence electrons. The second-order valence-corrected chi connectivity index (χ2v) is 10.4. The van der Waals surface area contributed by atoms with Crippen LogP contribution in [0, 0.1) is 20.8 Å². The predicted octanol–water partition coefficient (Wildman–Crippen LogP) is 10.2. The second kappa shape index (κ2) is 15.8. The van der Waals surface area contributed by atoms with E-state index in [1.165, 1.54) is 39.0 Å². The summed E-state index contributed by atoms with van der Waals surface area (Å²) in [5.74, 6) is 0. The standard InChI is InChI=1S/C11H15F.C11H14.C8H11N.C4H8/c1-8-5-6-10(7-9(8)2)11(3,4)12;1-9(2)8-11-6-4-10(3)5-7-11;1-6-4-5-9-8(3)7(6)2;1-4(2)3/h5-7H,1-4H3;4-7H,1,8H2,2-3H3;4-5,9H,3H2,1-2H3;1H2,2-3H3. The van der Waals surface area contributed by atoms with Gasteiger partial charge in [-0.3, -0.25) is 0 Å². The van der Waals surface area contributed by atoms with Crippen LogP contribution < -0.4 is 5.32 Å². The van der Waals surface area contributed by atoms with Crippen molar-refractivity contribution in [1.29, 1.82) is 0 Å². The van der Waals surface area contributed by atoms with Gasteiger partial charge in [-0.05, 0) is 115 Å². The van der Waals surface area contributed by atoms with Gasteiger partial charge in [0.2, 0.25) is 0 Å². The van der Waals surface area contributed by atoms with Crippen LogP contribution >= 0.6 is 0 Å². The first-order chi connectivity index (χ1) is 16.5. The molecule has 2 heteroatoms. The Kier molecular flexibility index (Phi) is 14.4. The zero-order valence-corrected chi connectivity index (χ0v) is 24.4. The fourth-order valence-corrected chi connectivity index (χ4v) is 2.90. The van der Waals surface area contributed by atoms with E-state index in [2.05, 4.69) is 77.0 Å². The third-order valence-electron chi connectivity index (χ3n) is 5.45. The second-order valence-electron chi connectivity index (χ2n) is 10.4. The summed E-state index contributed by atoms with van der Waals surface area (Å²) in [7, 11) is 0. The Morgan fingerprint density at radius 2 is 1.39 bits per heavy atom. The van der Waals surface area contributed by atoms with E-state index >= 15 is 0 Å². The first kappa shape index (κ1) is 32.9. The molecule has 0 atom stereocenters. The van der Waals surface area contributed by atoms with E-state index < -0.39 is 5.67 Å². The van der Waals surface area contributed by atoms with E-state index in [1.54, 1.807) is 13.8 Å². The van der Waals surface area contributed by atoms with Crippen LogP contribution in [-0.2, 0) is 12.1 Å². The van der Waals surface area contributed by atoms with Crippen LogP contribution in [0.5, 0.6) is 0 Å². The number of hydrogen-bond donors (Lipinski definition) is 1. The lowest BCUT2D eigenvalue weighted by Crippen LogP contribution is -2.09. The molecule has 1 heterocycles. The Hall–Kier alpha value is -3.13. The molecule has 1 N–H and O–H groups in total. The zero-order chi connectivity index (χ0) is 28.1. The van der Waals surface area contributed by atoms with Gasteiger partial charge in [-0.25, -0.2) is 4.39 Å². The van der Waals surface area contributed by atoms with E-state index in [0.717, 1.165) is 23.2 Å². The van der Waals surface area contributed by atoms with Gasteiger partial charge in [0.25, 0.3) is 0 Å². The lowest BCUT2D eigenvalue weighted by Gasteiger charge is -2.15. The highest BCUT2D eigenvalue weighted by atomic mass is 19.1. The Labute approximate surface area is 221 Å². The molecule has 3 rings (SSSR count). The van der Waals surface area contributed by atoms with Crippen molar-refractivity contribution in [3.8, 4) is 0 Å². The summed E-state index contributed by atoms with van der Waals surface area (Å²) in [5, 5.41) is 3.03. The SMILES string of the molecule is C=C(C)C.C=C(C)Cc1ccc(C)cc1.C=C1NC=CC(C)=C1C.Cc1ccc(C(C)(C)F)cc1C. The summed E-state index contributed by atoms with van der Waals surface area (Å²) in [6.07, 6.45) is 4.95. The quantitative estimate of drug-likeness (QED) is 0.423. The van der Waals surface area contributed by atoms with E-state index in [1.807, 2.05) is 58.2 Å². The van der Waals surface area contributed by atoms with Crippen molar-refractivity contribution in [2.75, 3.05) is 0 Å². The molecule has 2 aromatic rings. The lowest BCUT2D eigenvalue weighted by molar-refractivity contribution is 0.221. The maximum absolute atomic E-state index is 13.4. The summed E-state index contributed by atoms with van der Waals surface area (Å²) >= 11 is 0. The molecule has 0 radical (unpaired) electrons. The topological polar surface area (TPSA) is 12.0 Å². The molecule has 36 heavy (non-hydrogen) atoms. The van der Waals surface area contributed by atoms with Crippen molar-refractivity contribution in [1.82, 2.24) is 5.32 Å². The third kappa shape index (κ3) is 14.3. The average molecular weight is 490 g/mol. The minimum Gasteiger partial charge on any atom is -0.362 e. The van der Waals surface area contributed by atoms with Gasteiger partial charge in [0.15, 0.2) is 0 Å². The highest BCUT2D eigenvalue weighted by Gasteiger charge is 2.18. The number of rotatable bonds is 3. The predicted molar refractivity (Wildman–Crippen MR) is 160 cm³/mol. The monoisotopic (exact) mass is 489 g/mol. The van der Waals surface area contributed by atoms with Gasteiger partial charge in [0, 0.05) is 11.9 Å². The Morgan fingerprint density at radius 3 is 1.78 bits per heavy atom. The van der Waals surface area contributed by atoms with E-state index in [9.17, 15) is 4.39 Å². The van der Waals surface area contributed by atoms with Gasteiger partial charge in [-0.2, -0.15) is 0 Å². The van der Waals surface area contributed by atoms with Crippen molar-refractivity contribution in [2.45, 2.75) is 81.3 Å². The first-order valence-corrected chi connectivity index (χ1v) is 12.4. The number of aryl methyl sites for hydroxylation is 3. The molecule has 0 fully saturated rings. The normalized spacial score (nSPS) is 12.1. The van der Waals surface area contributed by atoms with Gasteiger partial charge in [0.05, 0.1) is 0 Å². The highest BCUT2D eigenvalue weighted by molar-refractivity contribution is 5.39. The number of allylic oxidation sites excluding steroid dienone is 5. The number of nitrogens with one attached hydrogen (secondary N) is 1. The van der Waals surface area contributed by atoms with Crippen molar-refractivity contribution >= 4 is 0 Å². The summed E-state index contributed by atoms with van der Waals surface area (Å²) < 4.78 is 13.4. The van der Waals surface area contributed by atoms with Crippen molar-refractivity contribution < 1.29 is 4.39 Å². The number of halogens is 1. The average Bonchev–Trinajstić information content (AvgIpc) is 2.75. The molecular formula is C34H48FN. The van der Waals surface area contributed by atoms with Gasteiger partial charge >= 0.3 is 0 Å². The van der Waals surface area contributed by atoms with Crippen molar-refractivity contribution in [3.63, 3.8) is 0 Å². The summed E-state index contributed by atoms with van der Waals surface area (Å²) in [4.78, 5) is 0. The fraction of sp³-hybridized carbons (Fsp3) is 0.353. The molecule has 2 aromatic carbocycles. The Morgan fingerprint density at radius 1 is 0.861 bits per heavy atom. The molecule has 0 amide bonds. The minimum atomic E-state index is -1.22. The van der Waals surface area contributed by atoms with Gasteiger partial charge < -0.3 is 5.32 Å². The number of alkyl halides is 1. The van der Waals surface area contributed by atoms with Crippen LogP contribution in [0.4, 0.5) is 4.39 Å². The smallest absolute Gasteiger partial charge is 0.130 e. The zero-order valence-electron chi connectivity index (χ0n) is 24.4. The molecule has 0 unspecified atom stereocenters. The third-order valence-corrected chi connectivity index (χ3v) is 5.45. The van der Waals surface area contributed by atoms with Gasteiger partial charge in [-0.1, -0.05) is 72.3 Å². The molecular weight excluding hydrogens is 441 g/mol. The molecule has 0 aromatic heterocycles. The minimum absolute atomic E-state index is 0.755. The van der Waals surface area contributed by atoms with Crippen LogP contribution in [0.2, 0.25) is 0 Å². The molecule has 1 nitrogen and oxygen atoms in total. The number of benzene rings is 2. The summed E-state index contributed by atoms with van der Waals surface area (Å²) in [6, 6.07) is 14.3. The number of hydrogen-bond acceptors (Lipinski definition) is 1. The van der Waals surface area contributed by atoms with Crippen LogP contribution in [0.1, 0.15) is 76.3 Å². The molecule has 0 spiro atoms. The van der Waals surface area contributed by atoms with Gasteiger partial charge in [-0.15, -0.1) is 6.58 Å². The van der Waals surface area contributed by atoms with Crippen LogP contribution in [0.15, 0.2) is 102 Å². The fourth-order valence-electron chi connectivity index (χ4n) is 2.90. The molecule has 0 aliphatic carbocycles. The molecule has 1 aliphatic rings. The van der Waals surface area contributed by atoms with Gasteiger partial charge in [0.1, 0.15) is 5.67 Å². The molecule has 1 aliphatic heterocycles. The maximum Gasteiger partial charge on any atom is 0.130 e. The van der Waals surface area contributed by atoms with E-state index in [-0.39, 0.29) is 0 Å². The highest BCUT2D eigenvalue weighted by Crippen LogP contribution is 2.25. The summed E-state index contributed by atoms with van der Waals surface area (Å²) in [5.41, 5.74) is 10.5. The van der Waals surface area contributed by atoms with Crippen LogP contribution in [0.3, 0.4) is 0 Å². The molecule has 0 saturated carbocycles. The van der Waals surface area contributed by atoms with E-state index in [0.29, 0.717) is 0 Å². The van der Waals surface area contributed by atoms with Crippen LogP contribution in [0.25, 0.3) is 0 Å². The first-order valence-electron chi connectivity index (χ1n) is 12.4. The maximum atomic E-state index is 13.4. The van der Waals surface area contributed by atoms with E-state index in [4.69, 9.17) is 0 Å². The lowest BCUT2D eigenvalue weighted by atomic mass is 9.96. The van der Waals surface area contributed by atoms with Crippen LogP contribution in [-0.4, -0.2) is 0 Å². The Balaban J connectivity index is 0.000000478. The van der Waals surface area contributed by atoms with Crippen molar-refractivity contribution in [2.24, 2.45) is 0 Å².